The SMILES string of the molecule is CC(=O)C1=[CH][In][CH2]C1. The first-order valence-corrected chi connectivity index (χ1v) is 7.07. The number of carbonyl (C=O) groups excluding carboxylic acids is 1. The summed E-state index contributed by atoms with van der Waals surface area (Å²) in [7, 11) is 0. The Bertz CT molecular complexity index is 137. The number of hydrogen-bond acceptors (Lipinski definition) is 1. The quantitative estimate of drug-likeness (QED) is 0.631. The summed E-state index contributed by atoms with van der Waals surface area (Å²) in [4.78, 5) is 10.6. The van der Waals surface area contributed by atoms with Gasteiger partial charge in [-0.3, -0.25) is 0 Å². The first-order chi connectivity index (χ1) is 3.80. The van der Waals surface area contributed by atoms with Gasteiger partial charge in [0.2, 0.25) is 0 Å². The second-order valence-electron chi connectivity index (χ2n) is 2.02. The second-order valence-corrected chi connectivity index (χ2v) is 5.97. The average molecular weight is 211 g/mol. The first kappa shape index (κ1) is 6.40. The van der Waals surface area contributed by atoms with Gasteiger partial charge in [-0.2, -0.15) is 0 Å². The van der Waals surface area contributed by atoms with Crippen molar-refractivity contribution in [2.45, 2.75) is 17.5 Å². The van der Waals surface area contributed by atoms with Gasteiger partial charge in [0, 0.05) is 0 Å². The van der Waals surface area contributed by atoms with E-state index in [1.54, 1.807) is 6.92 Å². The summed E-state index contributed by atoms with van der Waals surface area (Å²) in [6.45, 7) is 1.67. The van der Waals surface area contributed by atoms with Gasteiger partial charge >= 0.3 is 60.4 Å². The van der Waals surface area contributed by atoms with Gasteiger partial charge < -0.3 is 0 Å². The van der Waals surface area contributed by atoms with Gasteiger partial charge in [0.1, 0.15) is 0 Å². The van der Waals surface area contributed by atoms with E-state index in [2.05, 4.69) is 3.83 Å². The predicted octanol–water partition coefficient (Wildman–Crippen LogP) is 0.985. The molecule has 0 spiro atoms. The van der Waals surface area contributed by atoms with E-state index in [9.17, 15) is 4.79 Å². The molecule has 0 N–H and O–H groups in total. The van der Waals surface area contributed by atoms with Crippen LogP contribution in [0.25, 0.3) is 0 Å². The van der Waals surface area contributed by atoms with Gasteiger partial charge in [0.05, 0.1) is 0 Å². The second kappa shape index (κ2) is 2.72. The van der Waals surface area contributed by atoms with Gasteiger partial charge in [0.15, 0.2) is 0 Å². The molecule has 0 aromatic rings. The van der Waals surface area contributed by atoms with E-state index in [1.165, 1.54) is 4.18 Å². The molecular formula is C6H8InO. The number of hydrogen-bond donors (Lipinski definition) is 0. The molecule has 0 unspecified atom stereocenters. The zero-order chi connectivity index (χ0) is 5.98. The Morgan fingerprint density at radius 1 is 1.88 bits per heavy atom. The Morgan fingerprint density at radius 2 is 2.62 bits per heavy atom. The summed E-state index contributed by atoms with van der Waals surface area (Å²) in [6.07, 6.45) is 1.09. The molecule has 1 aliphatic rings. The molecule has 8 heavy (non-hydrogen) atoms. The van der Waals surface area contributed by atoms with Crippen LogP contribution in [0.2, 0.25) is 4.18 Å². The van der Waals surface area contributed by atoms with Crippen molar-refractivity contribution < 1.29 is 4.79 Å². The third kappa shape index (κ3) is 1.38. The van der Waals surface area contributed by atoms with Crippen molar-refractivity contribution in [1.29, 1.82) is 0 Å². The molecule has 41 valence electrons. The van der Waals surface area contributed by atoms with Gasteiger partial charge in [0.25, 0.3) is 0 Å². The van der Waals surface area contributed by atoms with Crippen LogP contribution in [0.1, 0.15) is 13.3 Å². The molecule has 0 aromatic carbocycles. The maximum absolute atomic E-state index is 10.6. The molecule has 0 bridgehead atoms. The van der Waals surface area contributed by atoms with Crippen molar-refractivity contribution in [2.24, 2.45) is 0 Å². The normalized spacial score (nSPS) is 17.4. The van der Waals surface area contributed by atoms with Crippen LogP contribution in [0.15, 0.2) is 9.41 Å². The predicted molar refractivity (Wildman–Crippen MR) is 33.9 cm³/mol. The van der Waals surface area contributed by atoms with Crippen molar-refractivity contribution in [3.05, 3.63) is 9.41 Å². The van der Waals surface area contributed by atoms with Crippen LogP contribution in [0.5, 0.6) is 0 Å². The van der Waals surface area contributed by atoms with E-state index in [1.807, 2.05) is 0 Å². The van der Waals surface area contributed by atoms with Crippen LogP contribution < -0.4 is 0 Å². The van der Waals surface area contributed by atoms with Gasteiger partial charge in [-0.25, -0.2) is 0 Å². The Balaban J connectivity index is 2.57. The molecule has 2 heteroatoms. The summed E-state index contributed by atoms with van der Waals surface area (Å²) < 4.78 is 3.60. The van der Waals surface area contributed by atoms with Gasteiger partial charge in [-0.05, 0) is 0 Å². The fourth-order valence-corrected chi connectivity index (χ4v) is 4.64. The molecular weight excluding hydrogens is 203 g/mol. The van der Waals surface area contributed by atoms with E-state index in [-0.39, 0.29) is 22.9 Å². The Kier molecular flexibility index (Phi) is 2.17. The third-order valence-corrected chi connectivity index (χ3v) is 4.95. The van der Waals surface area contributed by atoms with Gasteiger partial charge in [-0.15, -0.1) is 0 Å². The Morgan fingerprint density at radius 3 is 2.88 bits per heavy atom. The zero-order valence-electron chi connectivity index (χ0n) is 4.98. The van der Waals surface area contributed by atoms with Crippen LogP contribution >= 0.6 is 0 Å². The maximum atomic E-state index is 10.6. The molecule has 0 saturated heterocycles. The molecule has 1 radical (unpaired) electrons. The minimum atomic E-state index is -0.311. The average Bonchev–Trinajstić information content (AvgIpc) is 2.12. The fourth-order valence-electron chi connectivity index (χ4n) is 0.841. The third-order valence-electron chi connectivity index (χ3n) is 1.35. The molecule has 0 amide bonds. The molecule has 1 rings (SSSR count). The zero-order valence-corrected chi connectivity index (χ0v) is 8.27. The summed E-state index contributed by atoms with van der Waals surface area (Å²) in [5.74, 6) is 0.300. The molecule has 1 nitrogen and oxygen atoms in total. The van der Waals surface area contributed by atoms with Crippen LogP contribution in [0.4, 0.5) is 0 Å². The molecule has 0 saturated carbocycles. The van der Waals surface area contributed by atoms with Gasteiger partial charge in [-0.1, -0.05) is 0 Å². The molecule has 0 atom stereocenters. The van der Waals surface area contributed by atoms with E-state index in [0.29, 0.717) is 5.78 Å². The van der Waals surface area contributed by atoms with Crippen molar-refractivity contribution in [3.8, 4) is 0 Å². The van der Waals surface area contributed by atoms with E-state index in [4.69, 9.17) is 0 Å². The fraction of sp³-hybridized carbons (Fsp3) is 0.500. The number of carbonyl (C=O) groups is 1. The van der Waals surface area contributed by atoms with E-state index in [0.717, 1.165) is 12.0 Å². The number of allylic oxidation sites excluding steroid dienone is 1. The van der Waals surface area contributed by atoms with Crippen LogP contribution in [-0.4, -0.2) is 28.7 Å². The van der Waals surface area contributed by atoms with E-state index < -0.39 is 0 Å². The minimum absolute atomic E-state index is 0.300. The number of rotatable bonds is 1. The Hall–Kier alpha value is 0.280. The molecule has 1 aliphatic heterocycles. The molecule has 0 aromatic heterocycles. The number of Topliss-reactive ketones (excluding diaryl/α,β-unsaturated/α-hetero) is 1. The molecule has 1 heterocycles. The monoisotopic (exact) mass is 211 g/mol. The Labute approximate surface area is 60.5 Å². The topological polar surface area (TPSA) is 17.1 Å². The van der Waals surface area contributed by atoms with Crippen LogP contribution in [0.3, 0.4) is 0 Å². The van der Waals surface area contributed by atoms with Crippen molar-refractivity contribution in [2.75, 3.05) is 0 Å². The molecule has 0 fully saturated rings. The van der Waals surface area contributed by atoms with E-state index >= 15 is 0 Å². The summed E-state index contributed by atoms with van der Waals surface area (Å²) in [5, 5.41) is 0. The molecule has 0 aliphatic carbocycles. The summed E-state index contributed by atoms with van der Waals surface area (Å²) in [6, 6.07) is 0. The summed E-state index contributed by atoms with van der Waals surface area (Å²) in [5.41, 5.74) is 1.12. The summed E-state index contributed by atoms with van der Waals surface area (Å²) >= 11 is -0.311. The van der Waals surface area contributed by atoms with Crippen molar-refractivity contribution in [3.63, 3.8) is 0 Å². The first-order valence-electron chi connectivity index (χ1n) is 2.84. The van der Waals surface area contributed by atoms with Crippen LogP contribution in [0, 0.1) is 0 Å². The van der Waals surface area contributed by atoms with Crippen LogP contribution in [-0.2, 0) is 4.79 Å². The number of ketones is 1. The van der Waals surface area contributed by atoms with Crippen molar-refractivity contribution >= 4 is 28.7 Å². The van der Waals surface area contributed by atoms with Crippen molar-refractivity contribution in [1.82, 2.24) is 0 Å². The standard InChI is InChI=1S/C6H8O.In/c1-4-5(2)6(3)7;/h2H,1,4H2,3H3;.